The van der Waals surface area contributed by atoms with Crippen LogP contribution in [0.15, 0.2) is 18.2 Å². The molecule has 0 radical (unpaired) electrons. The highest BCUT2D eigenvalue weighted by molar-refractivity contribution is 7.92. The summed E-state index contributed by atoms with van der Waals surface area (Å²) in [7, 11) is -2.00. The Morgan fingerprint density at radius 2 is 2.04 bits per heavy atom. The molecule has 0 bridgehead atoms. The van der Waals surface area contributed by atoms with Gasteiger partial charge in [0.1, 0.15) is 5.75 Å². The zero-order valence-corrected chi connectivity index (χ0v) is 15.5. The number of anilines is 2. The molecule has 2 amide bonds. The quantitative estimate of drug-likeness (QED) is 0.616. The van der Waals surface area contributed by atoms with Gasteiger partial charge in [-0.1, -0.05) is 0 Å². The van der Waals surface area contributed by atoms with Gasteiger partial charge in [0.2, 0.25) is 10.0 Å². The Morgan fingerprint density at radius 3 is 2.65 bits per heavy atom. The SMILES string of the molecule is COc1cc(NC(=O)C(=O)NC[C@@H](C)O)ccc1N1CCCCS1(=O)=O. The van der Waals surface area contributed by atoms with Crippen molar-refractivity contribution in [2.24, 2.45) is 0 Å². The van der Waals surface area contributed by atoms with Crippen LogP contribution < -0.4 is 19.7 Å². The van der Waals surface area contributed by atoms with Gasteiger partial charge in [0, 0.05) is 24.8 Å². The second-order valence-electron chi connectivity index (χ2n) is 6.00. The molecular weight excluding hydrogens is 362 g/mol. The fourth-order valence-electron chi connectivity index (χ4n) is 2.53. The normalized spacial score (nSPS) is 17.3. The molecule has 1 atom stereocenters. The number of ether oxygens (including phenoxy) is 1. The average Bonchev–Trinajstić information content (AvgIpc) is 2.59. The van der Waals surface area contributed by atoms with E-state index >= 15 is 0 Å². The number of methoxy groups -OCH3 is 1. The lowest BCUT2D eigenvalue weighted by atomic mass is 10.2. The van der Waals surface area contributed by atoms with E-state index in [4.69, 9.17) is 9.84 Å². The number of hydrogen-bond donors (Lipinski definition) is 3. The number of nitrogens with zero attached hydrogens (tertiary/aromatic N) is 1. The van der Waals surface area contributed by atoms with Crippen LogP contribution >= 0.6 is 0 Å². The maximum absolute atomic E-state index is 12.3. The van der Waals surface area contributed by atoms with Crippen LogP contribution in [0, 0.1) is 0 Å². The van der Waals surface area contributed by atoms with Gasteiger partial charge < -0.3 is 20.5 Å². The molecule has 1 saturated heterocycles. The van der Waals surface area contributed by atoms with Crippen molar-refractivity contribution >= 4 is 33.2 Å². The lowest BCUT2D eigenvalue weighted by molar-refractivity contribution is -0.136. The number of rotatable bonds is 5. The minimum atomic E-state index is -3.40. The molecule has 0 aliphatic carbocycles. The molecule has 9 nitrogen and oxygen atoms in total. The van der Waals surface area contributed by atoms with Crippen LogP contribution in [0.25, 0.3) is 0 Å². The highest BCUT2D eigenvalue weighted by Gasteiger charge is 2.28. The third kappa shape index (κ3) is 4.85. The molecule has 0 spiro atoms. The fourth-order valence-corrected chi connectivity index (χ4v) is 4.18. The Bertz CT molecular complexity index is 778. The lowest BCUT2D eigenvalue weighted by Gasteiger charge is -2.29. The molecule has 0 saturated carbocycles. The van der Waals surface area contributed by atoms with E-state index in [0.29, 0.717) is 18.7 Å². The molecule has 1 fully saturated rings. The van der Waals surface area contributed by atoms with Crippen molar-refractivity contribution in [3.63, 3.8) is 0 Å². The predicted octanol–water partition coefficient (Wildman–Crippen LogP) is 0.0607. The summed E-state index contributed by atoms with van der Waals surface area (Å²) >= 11 is 0. The maximum atomic E-state index is 12.3. The van der Waals surface area contributed by atoms with Gasteiger partial charge in [-0.05, 0) is 31.9 Å². The van der Waals surface area contributed by atoms with E-state index in [2.05, 4.69) is 10.6 Å². The Hall–Kier alpha value is -2.33. The standard InChI is InChI=1S/C16H23N3O6S/c1-11(20)10-17-15(21)16(22)18-12-5-6-13(14(9-12)25-2)19-7-3-4-8-26(19,23)24/h5-6,9,11,20H,3-4,7-8,10H2,1-2H3,(H,17,21)(H,18,22)/t11-/m1/s1. The monoisotopic (exact) mass is 385 g/mol. The Morgan fingerprint density at radius 1 is 1.31 bits per heavy atom. The highest BCUT2D eigenvalue weighted by Crippen LogP contribution is 2.34. The number of nitrogens with one attached hydrogen (secondary N) is 2. The molecule has 10 heteroatoms. The summed E-state index contributed by atoms with van der Waals surface area (Å²) in [6.45, 7) is 1.81. The molecule has 2 rings (SSSR count). The first kappa shape index (κ1) is 20.0. The van der Waals surface area contributed by atoms with Gasteiger partial charge in [0.25, 0.3) is 0 Å². The molecule has 3 N–H and O–H groups in total. The van der Waals surface area contributed by atoms with Gasteiger partial charge in [-0.25, -0.2) is 8.42 Å². The van der Waals surface area contributed by atoms with Gasteiger partial charge in [-0.3, -0.25) is 13.9 Å². The third-order valence-electron chi connectivity index (χ3n) is 3.82. The first-order valence-corrected chi connectivity index (χ1v) is 9.81. The zero-order valence-electron chi connectivity index (χ0n) is 14.7. The maximum Gasteiger partial charge on any atom is 0.313 e. The number of hydrogen-bond acceptors (Lipinski definition) is 6. The van der Waals surface area contributed by atoms with Gasteiger partial charge in [-0.15, -0.1) is 0 Å². The molecule has 1 aliphatic rings. The van der Waals surface area contributed by atoms with E-state index in [9.17, 15) is 18.0 Å². The summed E-state index contributed by atoms with van der Waals surface area (Å²) in [6, 6.07) is 4.49. The molecule has 1 aliphatic heterocycles. The molecule has 0 aromatic heterocycles. The number of carbonyl (C=O) groups excluding carboxylic acids is 2. The first-order valence-electron chi connectivity index (χ1n) is 8.20. The van der Waals surface area contributed by atoms with Crippen molar-refractivity contribution < 1.29 is 27.9 Å². The van der Waals surface area contributed by atoms with Gasteiger partial charge >= 0.3 is 11.8 Å². The van der Waals surface area contributed by atoms with Crippen LogP contribution in [0.4, 0.5) is 11.4 Å². The Kier molecular flexibility index (Phi) is 6.43. The van der Waals surface area contributed by atoms with E-state index in [1.165, 1.54) is 36.5 Å². The third-order valence-corrected chi connectivity index (χ3v) is 5.68. The van der Waals surface area contributed by atoms with E-state index in [0.717, 1.165) is 6.42 Å². The average molecular weight is 385 g/mol. The van der Waals surface area contributed by atoms with Gasteiger partial charge in [-0.2, -0.15) is 0 Å². The second kappa shape index (κ2) is 8.37. The van der Waals surface area contributed by atoms with Crippen molar-refractivity contribution in [3.8, 4) is 5.75 Å². The molecule has 1 heterocycles. The van der Waals surface area contributed by atoms with E-state index < -0.39 is 27.9 Å². The number of aliphatic hydroxyl groups is 1. The molecule has 0 unspecified atom stereocenters. The summed E-state index contributed by atoms with van der Waals surface area (Å²) in [4.78, 5) is 23.5. The molecular formula is C16H23N3O6S. The Balaban J connectivity index is 2.15. The smallest absolute Gasteiger partial charge is 0.313 e. The molecule has 26 heavy (non-hydrogen) atoms. The van der Waals surface area contributed by atoms with Crippen molar-refractivity contribution in [1.82, 2.24) is 5.32 Å². The molecule has 1 aromatic rings. The van der Waals surface area contributed by atoms with Crippen LogP contribution in [0.2, 0.25) is 0 Å². The fraction of sp³-hybridized carbons (Fsp3) is 0.500. The number of benzene rings is 1. The van der Waals surface area contributed by atoms with E-state index in [1.807, 2.05) is 0 Å². The minimum absolute atomic E-state index is 0.0403. The zero-order chi connectivity index (χ0) is 19.3. The van der Waals surface area contributed by atoms with Crippen LogP contribution in [-0.4, -0.2) is 57.4 Å². The van der Waals surface area contributed by atoms with Crippen molar-refractivity contribution in [2.75, 3.05) is 35.6 Å². The minimum Gasteiger partial charge on any atom is -0.494 e. The number of sulfonamides is 1. The summed E-state index contributed by atoms with van der Waals surface area (Å²) in [5.41, 5.74) is 0.681. The molecule has 144 valence electrons. The van der Waals surface area contributed by atoms with Crippen molar-refractivity contribution in [1.29, 1.82) is 0 Å². The predicted molar refractivity (Wildman–Crippen MR) is 96.7 cm³/mol. The summed E-state index contributed by atoms with van der Waals surface area (Å²) < 4.78 is 31.1. The number of aliphatic hydroxyl groups excluding tert-OH is 1. The first-order chi connectivity index (χ1) is 12.2. The van der Waals surface area contributed by atoms with Gasteiger partial charge in [0.05, 0.1) is 24.7 Å². The van der Waals surface area contributed by atoms with E-state index in [1.54, 1.807) is 0 Å². The Labute approximate surface area is 152 Å². The topological polar surface area (TPSA) is 125 Å². The largest absolute Gasteiger partial charge is 0.494 e. The van der Waals surface area contributed by atoms with E-state index in [-0.39, 0.29) is 23.7 Å². The van der Waals surface area contributed by atoms with Crippen molar-refractivity contribution in [3.05, 3.63) is 18.2 Å². The summed E-state index contributed by atoms with van der Waals surface area (Å²) in [6.07, 6.45) is 0.610. The summed E-state index contributed by atoms with van der Waals surface area (Å²) in [5, 5.41) is 13.8. The summed E-state index contributed by atoms with van der Waals surface area (Å²) in [5.74, 6) is -1.42. The number of amides is 2. The van der Waals surface area contributed by atoms with Gasteiger partial charge in [0.15, 0.2) is 0 Å². The lowest BCUT2D eigenvalue weighted by Crippen LogP contribution is -2.39. The number of carbonyl (C=O) groups is 2. The second-order valence-corrected chi connectivity index (χ2v) is 8.01. The van der Waals surface area contributed by atoms with Crippen LogP contribution in [0.5, 0.6) is 5.75 Å². The highest BCUT2D eigenvalue weighted by atomic mass is 32.2. The molecule has 1 aromatic carbocycles. The van der Waals surface area contributed by atoms with Crippen LogP contribution in [-0.2, 0) is 19.6 Å². The van der Waals surface area contributed by atoms with Crippen molar-refractivity contribution in [2.45, 2.75) is 25.9 Å². The van der Waals surface area contributed by atoms with Crippen LogP contribution in [0.1, 0.15) is 19.8 Å². The van der Waals surface area contributed by atoms with Crippen LogP contribution in [0.3, 0.4) is 0 Å².